The molecule has 2 bridgehead atoms. The summed E-state index contributed by atoms with van der Waals surface area (Å²) in [6, 6.07) is 0. The monoisotopic (exact) mass is 853 g/mol. The van der Waals surface area contributed by atoms with E-state index in [0.29, 0.717) is 24.1 Å². The number of esters is 1. The first-order valence-electron chi connectivity index (χ1n) is 17.3. The average molecular weight is 854 g/mol. The zero-order chi connectivity index (χ0) is 41.5. The summed E-state index contributed by atoms with van der Waals surface area (Å²) in [4.78, 5) is 52.4. The second kappa shape index (κ2) is 22.5. The Morgan fingerprint density at radius 2 is 1.64 bits per heavy atom. The quantitative estimate of drug-likeness (QED) is 0.0465. The third-order valence-corrected chi connectivity index (χ3v) is 9.90. The number of rotatable bonds is 11. The van der Waals surface area contributed by atoms with Crippen LogP contribution in [-0.2, 0) is 33.4 Å². The molecule has 0 fully saturated rings. The van der Waals surface area contributed by atoms with Crippen molar-refractivity contribution in [2.75, 3.05) is 26.9 Å². The summed E-state index contributed by atoms with van der Waals surface area (Å²) in [6.45, 7) is 9.06. The Morgan fingerprint density at radius 3 is 2.18 bits per heavy atom. The summed E-state index contributed by atoms with van der Waals surface area (Å²) in [5.41, 5.74) is 1.46. The average Bonchev–Trinajstić information content (AvgIpc) is 3.05. The first-order chi connectivity index (χ1) is 24.8. The Labute approximate surface area is 324 Å². The zero-order valence-electron chi connectivity index (χ0n) is 31.6. The van der Waals surface area contributed by atoms with E-state index in [1.165, 1.54) is 39.8 Å². The number of hydrogen-bond donors (Lipinski definition) is 3. The molecule has 2 aliphatic rings. The number of aliphatic hydroxyl groups excluding tert-OH is 1. The van der Waals surface area contributed by atoms with Gasteiger partial charge >= 0.3 is 39.0 Å². The molecule has 19 heteroatoms. The molecular formula is C36H58F6N2O8P3-. The summed E-state index contributed by atoms with van der Waals surface area (Å²) < 4.78 is 76.2. The van der Waals surface area contributed by atoms with Crippen molar-refractivity contribution in [1.82, 2.24) is 10.6 Å². The first kappa shape index (κ1) is 52.5. The molecule has 55 heavy (non-hydrogen) atoms. The molecule has 0 radical (unpaired) electrons. The number of carbonyl (C=O) groups is 4. The molecule has 0 aromatic rings. The van der Waals surface area contributed by atoms with Crippen LogP contribution in [0.15, 0.2) is 58.5 Å². The molecule has 1 amide bonds. The van der Waals surface area contributed by atoms with Crippen LogP contribution in [0.4, 0.5) is 25.2 Å². The Bertz CT molecular complexity index is 1490. The second-order valence-electron chi connectivity index (χ2n) is 13.4. The molecule has 10 nitrogen and oxygen atoms in total. The molecule has 0 aromatic heterocycles. The maximum absolute atomic E-state index is 13.8. The molecule has 318 valence electrons. The number of hydrogen-bond acceptors (Lipinski definition) is 9. The standard InChI is InChI=1S/C35H54N2O8P2.CH4.F6P/c1-21-17-26-31(36-15-10-8-9-11-16-47-46)28(39)20-27(33(26)41)37-35(42)22(2)13-12-14-29(43-6)34(45-25(5)38)24(4)19-23(3)32(40)30(18-21)44-7;;1-7(2,3,4,5)6/h12-14,19-21,23,29-30,32,34,36,40,47H,8-11,15-18,46H2,1-7H3,(H,37,42);1H4;/q;;-1/b14-12-,22-13+,24-19+;;/t21-,23+,29?,30+,32-,34+;;/m1../s1. The molecule has 3 N–H and O–H groups in total. The second-order valence-corrected chi connectivity index (χ2v) is 17.4. The van der Waals surface area contributed by atoms with Crippen LogP contribution in [0.5, 0.6) is 0 Å². The van der Waals surface area contributed by atoms with Crippen LogP contribution in [0.25, 0.3) is 0 Å². The zero-order valence-corrected chi connectivity index (χ0v) is 34.7. The minimum atomic E-state index is -10.7. The van der Waals surface area contributed by atoms with Crippen LogP contribution < -0.4 is 10.6 Å². The van der Waals surface area contributed by atoms with Gasteiger partial charge in [0.25, 0.3) is 5.91 Å². The van der Waals surface area contributed by atoms with Crippen molar-refractivity contribution in [3.8, 4) is 0 Å². The van der Waals surface area contributed by atoms with E-state index in [4.69, 9.17) is 14.2 Å². The number of nitrogens with one attached hydrogen (secondary N) is 2. The third-order valence-electron chi connectivity index (χ3n) is 8.39. The van der Waals surface area contributed by atoms with Gasteiger partial charge < -0.3 is 30.0 Å². The van der Waals surface area contributed by atoms with Gasteiger partial charge in [0.1, 0.15) is 6.10 Å². The number of carbonyl (C=O) groups excluding carboxylic acids is 4. The molecule has 0 spiro atoms. The number of Topliss-reactive ketones (excluding diaryl/α,β-unsaturated/α-hetero) is 1. The van der Waals surface area contributed by atoms with Gasteiger partial charge in [0.2, 0.25) is 11.6 Å². The SMILES string of the molecule is C.COC1/C=C\C=C(/C)C(=O)NC2=CC(=O)C(NCCCCCCPP)=C(C[C@@H](C)C[C@H](OC)[C@H](O)[C@@H](C)/C=C(\C)[C@@H]1OC(C)=O)C2=O.F[P-](F)(F)(F)(F)F. The van der Waals surface area contributed by atoms with Crippen LogP contribution >= 0.6 is 25.0 Å². The van der Waals surface area contributed by atoms with Gasteiger partial charge in [-0.3, -0.25) is 19.2 Å². The Kier molecular flexibility index (Phi) is 21.5. The molecule has 0 saturated heterocycles. The van der Waals surface area contributed by atoms with E-state index in [0.717, 1.165) is 27.5 Å². The van der Waals surface area contributed by atoms with Gasteiger partial charge in [0.15, 0.2) is 6.10 Å². The number of aliphatic hydroxyl groups is 1. The van der Waals surface area contributed by atoms with Crippen molar-refractivity contribution >= 4 is 48.4 Å². The minimum absolute atomic E-state index is 0. The van der Waals surface area contributed by atoms with E-state index in [2.05, 4.69) is 19.6 Å². The fourth-order valence-electron chi connectivity index (χ4n) is 5.75. The number of allylic oxidation sites excluding steroid dienone is 4. The summed E-state index contributed by atoms with van der Waals surface area (Å²) in [5, 5.41) is 17.2. The number of ether oxygens (including phenoxy) is 3. The summed E-state index contributed by atoms with van der Waals surface area (Å²) in [7, 11) is -4.01. The van der Waals surface area contributed by atoms with E-state index in [9.17, 15) is 49.5 Å². The maximum atomic E-state index is 13.8. The predicted octanol–water partition coefficient (Wildman–Crippen LogP) is 8.87. The summed E-state index contributed by atoms with van der Waals surface area (Å²) in [6.07, 6.45) is 10.9. The topological polar surface area (TPSA) is 140 Å². The molecule has 2 rings (SSSR count). The molecule has 8 atom stereocenters. The normalized spacial score (nSPS) is 28.5. The van der Waals surface area contributed by atoms with Gasteiger partial charge in [0, 0.05) is 50.8 Å². The molecule has 3 unspecified atom stereocenters. The van der Waals surface area contributed by atoms with Crippen molar-refractivity contribution < 1.29 is 63.7 Å². The number of amides is 1. The number of halogens is 6. The van der Waals surface area contributed by atoms with Gasteiger partial charge in [-0.2, -0.15) is 0 Å². The van der Waals surface area contributed by atoms with Crippen molar-refractivity contribution in [2.45, 2.75) is 105 Å². The van der Waals surface area contributed by atoms with Gasteiger partial charge in [-0.15, -0.1) is 17.2 Å². The van der Waals surface area contributed by atoms with Crippen molar-refractivity contribution in [3.05, 3.63) is 58.5 Å². The van der Waals surface area contributed by atoms with Gasteiger partial charge in [-0.25, -0.2) is 0 Å². The van der Waals surface area contributed by atoms with Gasteiger partial charge in [0.05, 0.1) is 23.6 Å². The Balaban J connectivity index is 0.00000331. The number of unbranched alkanes of at least 4 members (excludes halogenated alkanes) is 3. The van der Waals surface area contributed by atoms with E-state index < -0.39 is 55.8 Å². The Hall–Kier alpha value is -2.47. The molecule has 1 aliphatic carbocycles. The number of methoxy groups -OCH3 is 2. The van der Waals surface area contributed by atoms with E-state index >= 15 is 0 Å². The fraction of sp³-hybridized carbons (Fsp3) is 0.611. The van der Waals surface area contributed by atoms with Crippen LogP contribution in [-0.4, -0.2) is 79.9 Å². The summed E-state index contributed by atoms with van der Waals surface area (Å²) >= 11 is 0. The molecular weight excluding hydrogens is 795 g/mol. The van der Waals surface area contributed by atoms with E-state index in [1.807, 2.05) is 19.9 Å². The fourth-order valence-corrected chi connectivity index (χ4v) is 6.82. The molecule has 1 heterocycles. The summed E-state index contributed by atoms with van der Waals surface area (Å²) in [5.74, 6) is -2.37. The van der Waals surface area contributed by atoms with Crippen LogP contribution in [0, 0.1) is 11.8 Å². The molecule has 0 saturated carbocycles. The van der Waals surface area contributed by atoms with Crippen molar-refractivity contribution in [2.24, 2.45) is 11.8 Å². The van der Waals surface area contributed by atoms with Crippen LogP contribution in [0.2, 0.25) is 0 Å². The van der Waals surface area contributed by atoms with Crippen molar-refractivity contribution in [3.63, 3.8) is 0 Å². The van der Waals surface area contributed by atoms with E-state index in [1.54, 1.807) is 32.1 Å². The van der Waals surface area contributed by atoms with Gasteiger partial charge in [-0.1, -0.05) is 58.4 Å². The molecule has 1 aliphatic heterocycles. The number of ketones is 2. The van der Waals surface area contributed by atoms with Gasteiger partial charge in [-0.05, 0) is 57.2 Å². The third kappa shape index (κ3) is 21.6. The van der Waals surface area contributed by atoms with Crippen LogP contribution in [0.1, 0.15) is 80.6 Å². The molecule has 0 aromatic carbocycles. The Morgan fingerprint density at radius 1 is 1.04 bits per heavy atom. The van der Waals surface area contributed by atoms with Crippen molar-refractivity contribution in [1.29, 1.82) is 0 Å². The predicted molar refractivity (Wildman–Crippen MR) is 210 cm³/mol. The number of fused-ring (bicyclic) bond motifs is 2. The first-order valence-corrected chi connectivity index (χ1v) is 22.4. The van der Waals surface area contributed by atoms with E-state index in [-0.39, 0.29) is 42.5 Å². The van der Waals surface area contributed by atoms with Crippen LogP contribution in [0.3, 0.4) is 0 Å².